The molecule has 2 aromatic carbocycles. The lowest BCUT2D eigenvalue weighted by molar-refractivity contribution is 0.0993. The Morgan fingerprint density at radius 2 is 2.00 bits per heavy atom. The van der Waals surface area contributed by atoms with E-state index in [2.05, 4.69) is 19.0 Å². The van der Waals surface area contributed by atoms with Gasteiger partial charge < -0.3 is 4.65 Å². The number of carbonyl (C=O) groups is 1. The summed E-state index contributed by atoms with van der Waals surface area (Å²) in [5, 5.41) is 0. The Kier molecular flexibility index (Phi) is 3.22. The first kappa shape index (κ1) is 12.2. The van der Waals surface area contributed by atoms with Crippen LogP contribution in [0.25, 0.3) is 0 Å². The van der Waals surface area contributed by atoms with Crippen molar-refractivity contribution in [1.29, 1.82) is 0 Å². The average molecular weight is 250 g/mol. The predicted octanol–water partition coefficient (Wildman–Crippen LogP) is 2.47. The highest BCUT2D eigenvalue weighted by molar-refractivity contribution is 6.67. The van der Waals surface area contributed by atoms with Crippen LogP contribution in [-0.4, -0.2) is 12.7 Å². The zero-order valence-corrected chi connectivity index (χ0v) is 10.9. The predicted molar refractivity (Wildman–Crippen MR) is 77.0 cm³/mol. The van der Waals surface area contributed by atoms with Crippen LogP contribution in [0.2, 0.25) is 6.82 Å². The Morgan fingerprint density at radius 3 is 2.79 bits per heavy atom. The van der Waals surface area contributed by atoms with E-state index in [0.29, 0.717) is 13.0 Å². The fourth-order valence-corrected chi connectivity index (χ4v) is 2.48. The van der Waals surface area contributed by atoms with Gasteiger partial charge in [-0.3, -0.25) is 4.79 Å². The number of carbonyl (C=O) groups excluding carboxylic acids is 1. The van der Waals surface area contributed by atoms with Gasteiger partial charge in [-0.1, -0.05) is 55.4 Å². The van der Waals surface area contributed by atoms with Crippen LogP contribution in [0.3, 0.4) is 0 Å². The van der Waals surface area contributed by atoms with Crippen LogP contribution in [0.1, 0.15) is 21.5 Å². The van der Waals surface area contributed by atoms with Gasteiger partial charge in [-0.15, -0.1) is 0 Å². The molecule has 0 fully saturated rings. The lowest BCUT2D eigenvalue weighted by Gasteiger charge is -2.05. The normalized spacial score (nSPS) is 13.4. The molecule has 0 amide bonds. The van der Waals surface area contributed by atoms with Gasteiger partial charge in [-0.05, 0) is 16.6 Å². The van der Waals surface area contributed by atoms with Crippen molar-refractivity contribution in [3.63, 3.8) is 0 Å². The summed E-state index contributed by atoms with van der Waals surface area (Å²) in [6.45, 7) is 2.87. The van der Waals surface area contributed by atoms with Crippen molar-refractivity contribution in [2.24, 2.45) is 0 Å². The standard InChI is InChI=1S/C16H15BO2/c1-17-15-9-12(7-8-14(15)11-19-17)10-16(18)13-5-3-2-4-6-13/h2-9H,10-11H2,1H3. The zero-order valence-electron chi connectivity index (χ0n) is 10.9. The van der Waals surface area contributed by atoms with Crippen molar-refractivity contribution in [3.8, 4) is 0 Å². The maximum atomic E-state index is 12.2. The summed E-state index contributed by atoms with van der Waals surface area (Å²) in [4.78, 5) is 12.2. The molecule has 1 heterocycles. The van der Waals surface area contributed by atoms with Gasteiger partial charge in [-0.2, -0.15) is 0 Å². The summed E-state index contributed by atoms with van der Waals surface area (Å²) >= 11 is 0. The second-order valence-electron chi connectivity index (χ2n) is 4.95. The minimum atomic E-state index is 0.141. The molecule has 2 nitrogen and oxygen atoms in total. The van der Waals surface area contributed by atoms with Gasteiger partial charge in [-0.25, -0.2) is 0 Å². The molecule has 19 heavy (non-hydrogen) atoms. The van der Waals surface area contributed by atoms with E-state index in [9.17, 15) is 4.79 Å². The molecular weight excluding hydrogens is 235 g/mol. The quantitative estimate of drug-likeness (QED) is 0.617. The number of rotatable bonds is 3. The lowest BCUT2D eigenvalue weighted by Crippen LogP contribution is -2.24. The van der Waals surface area contributed by atoms with Crippen molar-refractivity contribution < 1.29 is 9.45 Å². The minimum absolute atomic E-state index is 0.141. The second kappa shape index (κ2) is 5.02. The molecular formula is C16H15BO2. The maximum Gasteiger partial charge on any atom is 0.324 e. The molecule has 3 heteroatoms. The molecule has 0 aromatic heterocycles. The number of benzene rings is 2. The second-order valence-corrected chi connectivity index (χ2v) is 4.95. The molecule has 0 spiro atoms. The average Bonchev–Trinajstić information content (AvgIpc) is 2.81. The largest absolute Gasteiger partial charge is 0.427 e. The molecule has 0 N–H and O–H groups in total. The molecule has 3 rings (SSSR count). The number of fused-ring (bicyclic) bond motifs is 1. The van der Waals surface area contributed by atoms with Crippen molar-refractivity contribution in [2.45, 2.75) is 19.9 Å². The Balaban J connectivity index is 1.81. The Bertz CT molecular complexity index is 607. The molecule has 1 aliphatic rings. The molecule has 0 aliphatic carbocycles. The van der Waals surface area contributed by atoms with Gasteiger partial charge >= 0.3 is 6.92 Å². The van der Waals surface area contributed by atoms with E-state index in [-0.39, 0.29) is 12.7 Å². The van der Waals surface area contributed by atoms with Crippen LogP contribution < -0.4 is 5.46 Å². The molecule has 0 saturated heterocycles. The van der Waals surface area contributed by atoms with Crippen LogP contribution >= 0.6 is 0 Å². The van der Waals surface area contributed by atoms with Crippen molar-refractivity contribution in [1.82, 2.24) is 0 Å². The molecule has 2 aromatic rings. The van der Waals surface area contributed by atoms with E-state index in [4.69, 9.17) is 4.65 Å². The molecule has 0 bridgehead atoms. The third-order valence-corrected chi connectivity index (χ3v) is 3.60. The number of hydrogen-bond acceptors (Lipinski definition) is 2. The Morgan fingerprint density at radius 1 is 1.21 bits per heavy atom. The molecule has 0 unspecified atom stereocenters. The van der Waals surface area contributed by atoms with Gasteiger partial charge in [0.1, 0.15) is 0 Å². The summed E-state index contributed by atoms with van der Waals surface area (Å²) in [5.41, 5.74) is 4.29. The molecule has 0 saturated carbocycles. The molecule has 1 aliphatic heterocycles. The van der Waals surface area contributed by atoms with Crippen molar-refractivity contribution in [3.05, 3.63) is 65.2 Å². The van der Waals surface area contributed by atoms with Gasteiger partial charge in [0, 0.05) is 12.0 Å². The van der Waals surface area contributed by atoms with Gasteiger partial charge in [0.2, 0.25) is 0 Å². The first-order valence-electron chi connectivity index (χ1n) is 6.55. The summed E-state index contributed by atoms with van der Waals surface area (Å²) < 4.78 is 5.58. The molecule has 0 radical (unpaired) electrons. The maximum absolute atomic E-state index is 12.2. The lowest BCUT2D eigenvalue weighted by atomic mass is 9.64. The summed E-state index contributed by atoms with van der Waals surface area (Å²) in [7, 11) is 0. The van der Waals surface area contributed by atoms with Crippen LogP contribution in [-0.2, 0) is 17.7 Å². The number of hydrogen-bond donors (Lipinski definition) is 0. The van der Waals surface area contributed by atoms with E-state index >= 15 is 0 Å². The van der Waals surface area contributed by atoms with Crippen molar-refractivity contribution >= 4 is 18.2 Å². The van der Waals surface area contributed by atoms with Gasteiger partial charge in [0.25, 0.3) is 0 Å². The smallest absolute Gasteiger partial charge is 0.324 e. The SMILES string of the molecule is CB1OCc2ccc(CC(=O)c3ccccc3)cc21. The van der Waals surface area contributed by atoms with Crippen LogP contribution in [0.5, 0.6) is 0 Å². The fourth-order valence-electron chi connectivity index (χ4n) is 2.48. The first-order valence-corrected chi connectivity index (χ1v) is 6.55. The third kappa shape index (κ3) is 2.47. The van der Waals surface area contributed by atoms with Crippen molar-refractivity contribution in [2.75, 3.05) is 0 Å². The van der Waals surface area contributed by atoms with E-state index in [1.54, 1.807) is 0 Å². The fraction of sp³-hybridized carbons (Fsp3) is 0.188. The van der Waals surface area contributed by atoms with Crippen LogP contribution in [0, 0.1) is 0 Å². The monoisotopic (exact) mass is 250 g/mol. The van der Waals surface area contributed by atoms with E-state index < -0.39 is 0 Å². The van der Waals surface area contributed by atoms with Crippen LogP contribution in [0.4, 0.5) is 0 Å². The van der Waals surface area contributed by atoms with Crippen LogP contribution in [0.15, 0.2) is 48.5 Å². The third-order valence-electron chi connectivity index (χ3n) is 3.60. The zero-order chi connectivity index (χ0) is 13.2. The highest BCUT2D eigenvalue weighted by Crippen LogP contribution is 2.14. The summed E-state index contributed by atoms with van der Waals surface area (Å²) in [5.74, 6) is 0.159. The highest BCUT2D eigenvalue weighted by Gasteiger charge is 2.23. The summed E-state index contributed by atoms with van der Waals surface area (Å²) in [6, 6.07) is 15.6. The highest BCUT2D eigenvalue weighted by atomic mass is 16.4. The summed E-state index contributed by atoms with van der Waals surface area (Å²) in [6.07, 6.45) is 0.448. The van der Waals surface area contributed by atoms with E-state index in [0.717, 1.165) is 11.1 Å². The first-order chi connectivity index (χ1) is 9.24. The Hall–Kier alpha value is -1.87. The molecule has 0 atom stereocenters. The number of ketones is 1. The van der Waals surface area contributed by atoms with E-state index in [1.165, 1.54) is 11.0 Å². The number of Topliss-reactive ketones (excluding diaryl/α,β-unsaturated/α-hetero) is 1. The topological polar surface area (TPSA) is 26.3 Å². The van der Waals surface area contributed by atoms with E-state index in [1.807, 2.05) is 36.4 Å². The Labute approximate surface area is 113 Å². The van der Waals surface area contributed by atoms with Gasteiger partial charge in [0.05, 0.1) is 6.61 Å². The molecule has 94 valence electrons. The minimum Gasteiger partial charge on any atom is -0.427 e. The van der Waals surface area contributed by atoms with Gasteiger partial charge in [0.15, 0.2) is 5.78 Å².